The third-order valence-electron chi connectivity index (χ3n) is 3.17. The molecule has 0 aliphatic heterocycles. The van der Waals surface area contributed by atoms with Gasteiger partial charge in [0.15, 0.2) is 11.6 Å². The molecule has 1 atom stereocenters. The molecule has 0 aliphatic carbocycles. The van der Waals surface area contributed by atoms with Gasteiger partial charge in [-0.1, -0.05) is 18.5 Å². The summed E-state index contributed by atoms with van der Waals surface area (Å²) >= 11 is 5.78. The molecule has 21 heavy (non-hydrogen) atoms. The maximum absolute atomic E-state index is 13.2. The van der Waals surface area contributed by atoms with Crippen molar-refractivity contribution in [2.24, 2.45) is 0 Å². The molecule has 1 unspecified atom stereocenters. The fourth-order valence-electron chi connectivity index (χ4n) is 1.82. The molecule has 0 bridgehead atoms. The van der Waals surface area contributed by atoms with Crippen molar-refractivity contribution in [3.8, 4) is 0 Å². The largest absolute Gasteiger partial charge is 0.307 e. The number of hydrogen-bond acceptors (Lipinski definition) is 2. The summed E-state index contributed by atoms with van der Waals surface area (Å²) in [5.41, 5.74) is -0.132. The second kappa shape index (κ2) is 6.22. The predicted molar refractivity (Wildman–Crippen MR) is 76.6 cm³/mol. The molecule has 1 N–H and O–H groups in total. The molecule has 0 aliphatic rings. The van der Waals surface area contributed by atoms with Crippen LogP contribution in [0.5, 0.6) is 0 Å². The molecule has 7 heteroatoms. The fraction of sp³-hybridized carbons (Fsp3) is 0.286. The second-order valence-electron chi connectivity index (χ2n) is 4.62. The highest BCUT2D eigenvalue weighted by Crippen LogP contribution is 2.22. The molecular formula is C14H14ClF2N3O. The molecule has 1 aromatic carbocycles. The van der Waals surface area contributed by atoms with Crippen LogP contribution in [0.4, 0.5) is 14.6 Å². The van der Waals surface area contributed by atoms with E-state index in [1.165, 1.54) is 0 Å². The summed E-state index contributed by atoms with van der Waals surface area (Å²) in [5.74, 6) is -2.37. The summed E-state index contributed by atoms with van der Waals surface area (Å²) in [6.45, 7) is 3.94. The Morgan fingerprint density at radius 3 is 2.76 bits per heavy atom. The van der Waals surface area contributed by atoms with Crippen molar-refractivity contribution >= 4 is 23.3 Å². The number of nitrogens with one attached hydrogen (secondary N) is 1. The molecule has 1 aromatic heterocycles. The van der Waals surface area contributed by atoms with Crippen LogP contribution in [-0.2, 0) is 0 Å². The van der Waals surface area contributed by atoms with Crippen molar-refractivity contribution < 1.29 is 13.6 Å². The fourth-order valence-corrected chi connectivity index (χ4v) is 2.05. The maximum atomic E-state index is 13.2. The Balaban J connectivity index is 2.27. The van der Waals surface area contributed by atoms with Gasteiger partial charge in [-0.15, -0.1) is 0 Å². The molecule has 1 heterocycles. The van der Waals surface area contributed by atoms with Crippen LogP contribution in [0.25, 0.3) is 0 Å². The van der Waals surface area contributed by atoms with Gasteiger partial charge in [0.2, 0.25) is 0 Å². The first kappa shape index (κ1) is 15.4. The SMILES string of the molecule is CCC(C)n1nccc1NC(=O)c1cc(F)c(F)cc1Cl. The van der Waals surface area contributed by atoms with Crippen LogP contribution in [0, 0.1) is 11.6 Å². The normalized spacial score (nSPS) is 12.2. The number of carbonyl (C=O) groups excluding carboxylic acids is 1. The number of nitrogens with zero attached hydrogens (tertiary/aromatic N) is 2. The lowest BCUT2D eigenvalue weighted by Crippen LogP contribution is -2.18. The average molecular weight is 314 g/mol. The van der Waals surface area contributed by atoms with Gasteiger partial charge in [0.1, 0.15) is 5.82 Å². The third kappa shape index (κ3) is 3.21. The minimum absolute atomic E-state index is 0.0933. The molecule has 2 rings (SSSR count). The average Bonchev–Trinajstić information content (AvgIpc) is 2.90. The topological polar surface area (TPSA) is 46.9 Å². The van der Waals surface area contributed by atoms with Crippen LogP contribution in [0.2, 0.25) is 5.02 Å². The Labute approximate surface area is 125 Å². The van der Waals surface area contributed by atoms with Gasteiger partial charge in [-0.2, -0.15) is 5.10 Å². The van der Waals surface area contributed by atoms with Gasteiger partial charge in [0.25, 0.3) is 5.91 Å². The number of carbonyl (C=O) groups is 1. The molecular weight excluding hydrogens is 300 g/mol. The van der Waals surface area contributed by atoms with Gasteiger partial charge >= 0.3 is 0 Å². The molecule has 0 saturated carbocycles. The van der Waals surface area contributed by atoms with Crippen molar-refractivity contribution in [1.29, 1.82) is 0 Å². The van der Waals surface area contributed by atoms with Crippen LogP contribution in [-0.4, -0.2) is 15.7 Å². The number of benzene rings is 1. The highest BCUT2D eigenvalue weighted by Gasteiger charge is 2.17. The summed E-state index contributed by atoms with van der Waals surface area (Å²) in [6, 6.07) is 3.27. The van der Waals surface area contributed by atoms with E-state index < -0.39 is 17.5 Å². The lowest BCUT2D eigenvalue weighted by atomic mass is 10.2. The monoisotopic (exact) mass is 313 g/mol. The minimum atomic E-state index is -1.13. The van der Waals surface area contributed by atoms with Crippen LogP contribution >= 0.6 is 11.6 Å². The van der Waals surface area contributed by atoms with E-state index in [0.29, 0.717) is 5.82 Å². The zero-order valence-corrected chi connectivity index (χ0v) is 12.3. The van der Waals surface area contributed by atoms with Crippen molar-refractivity contribution in [2.45, 2.75) is 26.3 Å². The molecule has 1 amide bonds. The smallest absolute Gasteiger partial charge is 0.258 e. The molecule has 112 valence electrons. The van der Waals surface area contributed by atoms with Gasteiger partial charge in [-0.3, -0.25) is 4.79 Å². The van der Waals surface area contributed by atoms with Crippen LogP contribution in [0.1, 0.15) is 36.7 Å². The summed E-state index contributed by atoms with van der Waals surface area (Å²) in [5, 5.41) is 6.57. The van der Waals surface area contributed by atoms with E-state index in [1.54, 1.807) is 16.9 Å². The number of rotatable bonds is 4. The maximum Gasteiger partial charge on any atom is 0.258 e. The van der Waals surface area contributed by atoms with Crippen molar-refractivity contribution in [3.05, 3.63) is 46.6 Å². The Morgan fingerprint density at radius 1 is 1.43 bits per heavy atom. The standard InChI is InChI=1S/C14H14ClF2N3O/c1-3-8(2)20-13(4-5-18-20)19-14(21)9-6-11(16)12(17)7-10(9)15/h4-8H,3H2,1-2H3,(H,19,21). The van der Waals surface area contributed by atoms with Crippen LogP contribution < -0.4 is 5.32 Å². The lowest BCUT2D eigenvalue weighted by molar-refractivity contribution is 0.102. The Kier molecular flexibility index (Phi) is 4.57. The van der Waals surface area contributed by atoms with Crippen molar-refractivity contribution in [3.63, 3.8) is 0 Å². The van der Waals surface area contributed by atoms with E-state index in [0.717, 1.165) is 18.6 Å². The number of aromatic nitrogens is 2. The van der Waals surface area contributed by atoms with Crippen molar-refractivity contribution in [1.82, 2.24) is 9.78 Å². The van der Waals surface area contributed by atoms with Gasteiger partial charge in [-0.25, -0.2) is 13.5 Å². The molecule has 2 aromatic rings. The Bertz CT molecular complexity index is 672. The van der Waals surface area contributed by atoms with Crippen molar-refractivity contribution in [2.75, 3.05) is 5.32 Å². The minimum Gasteiger partial charge on any atom is -0.307 e. The number of halogens is 3. The predicted octanol–water partition coefficient (Wildman–Crippen LogP) is 4.04. The summed E-state index contributed by atoms with van der Waals surface area (Å²) in [6.07, 6.45) is 2.38. The van der Waals surface area contributed by atoms with E-state index >= 15 is 0 Å². The first-order valence-corrected chi connectivity index (χ1v) is 6.81. The number of hydrogen-bond donors (Lipinski definition) is 1. The van der Waals surface area contributed by atoms with Crippen LogP contribution in [0.3, 0.4) is 0 Å². The van der Waals surface area contributed by atoms with E-state index in [-0.39, 0.29) is 16.6 Å². The summed E-state index contributed by atoms with van der Waals surface area (Å²) in [7, 11) is 0. The van der Waals surface area contributed by atoms with E-state index in [2.05, 4.69) is 10.4 Å². The Morgan fingerprint density at radius 2 is 2.10 bits per heavy atom. The number of amides is 1. The summed E-state index contributed by atoms with van der Waals surface area (Å²) in [4.78, 5) is 12.1. The first-order chi connectivity index (χ1) is 9.93. The summed E-state index contributed by atoms with van der Waals surface area (Å²) < 4.78 is 27.9. The van der Waals surface area contributed by atoms with Gasteiger partial charge in [0, 0.05) is 6.07 Å². The quantitative estimate of drug-likeness (QED) is 0.866. The van der Waals surface area contributed by atoms with Gasteiger partial charge in [-0.05, 0) is 25.5 Å². The highest BCUT2D eigenvalue weighted by molar-refractivity contribution is 6.34. The molecule has 0 radical (unpaired) electrons. The van der Waals surface area contributed by atoms with Gasteiger partial charge in [0.05, 0.1) is 22.8 Å². The third-order valence-corrected chi connectivity index (χ3v) is 3.49. The Hall–Kier alpha value is -1.95. The zero-order chi connectivity index (χ0) is 15.6. The van der Waals surface area contributed by atoms with E-state index in [9.17, 15) is 13.6 Å². The molecule has 0 fully saturated rings. The second-order valence-corrected chi connectivity index (χ2v) is 5.03. The first-order valence-electron chi connectivity index (χ1n) is 6.43. The van der Waals surface area contributed by atoms with Crippen LogP contribution in [0.15, 0.2) is 24.4 Å². The molecule has 0 saturated heterocycles. The van der Waals surface area contributed by atoms with E-state index in [4.69, 9.17) is 11.6 Å². The van der Waals surface area contributed by atoms with E-state index in [1.807, 2.05) is 13.8 Å². The molecule has 0 spiro atoms. The number of anilines is 1. The lowest BCUT2D eigenvalue weighted by Gasteiger charge is -2.14. The zero-order valence-electron chi connectivity index (χ0n) is 11.5. The highest BCUT2D eigenvalue weighted by atomic mass is 35.5. The molecule has 4 nitrogen and oxygen atoms in total. The van der Waals surface area contributed by atoms with Gasteiger partial charge < -0.3 is 5.32 Å².